The molecule has 2 heteroatoms. The Kier molecular flexibility index (Phi) is 4.54. The van der Waals surface area contributed by atoms with Crippen LogP contribution in [0.3, 0.4) is 0 Å². The number of aryl methyl sites for hydroxylation is 1. The fraction of sp³-hybridized carbons (Fsp3) is 0.556. The summed E-state index contributed by atoms with van der Waals surface area (Å²) in [5, 5.41) is 4.69. The van der Waals surface area contributed by atoms with Crippen molar-refractivity contribution in [2.24, 2.45) is 0 Å². The number of benzene rings is 1. The largest absolute Gasteiger partial charge is 0.459 e. The highest BCUT2D eigenvalue weighted by Crippen LogP contribution is 2.35. The van der Waals surface area contributed by atoms with Crippen LogP contribution in [0.5, 0.6) is 0 Å². The highest BCUT2D eigenvalue weighted by atomic mass is 16.3. The van der Waals surface area contributed by atoms with Gasteiger partial charge in [0.25, 0.3) is 0 Å². The van der Waals surface area contributed by atoms with Crippen molar-refractivity contribution in [2.45, 2.75) is 59.4 Å². The van der Waals surface area contributed by atoms with Crippen molar-refractivity contribution in [3.05, 3.63) is 35.1 Å². The van der Waals surface area contributed by atoms with Gasteiger partial charge in [0.15, 0.2) is 0 Å². The Bertz CT molecular complexity index is 575. The zero-order valence-corrected chi connectivity index (χ0v) is 13.5. The maximum Gasteiger partial charge on any atom is 0.138 e. The molecule has 20 heavy (non-hydrogen) atoms. The number of fused-ring (bicyclic) bond motifs is 1. The maximum atomic E-state index is 6.25. The Labute approximate surface area is 122 Å². The van der Waals surface area contributed by atoms with Gasteiger partial charge in [-0.15, -0.1) is 0 Å². The molecular formula is C18H27NO. The molecule has 0 aliphatic carbocycles. The van der Waals surface area contributed by atoms with Gasteiger partial charge in [0.05, 0.1) is 6.54 Å². The summed E-state index contributed by atoms with van der Waals surface area (Å²) in [4.78, 5) is 0. The number of furan rings is 1. The molecule has 1 aromatic carbocycles. The molecule has 0 atom stereocenters. The molecule has 1 heterocycles. The van der Waals surface area contributed by atoms with Gasteiger partial charge in [-0.2, -0.15) is 0 Å². The zero-order valence-electron chi connectivity index (χ0n) is 13.5. The van der Waals surface area contributed by atoms with Crippen LogP contribution in [0.15, 0.2) is 22.6 Å². The van der Waals surface area contributed by atoms with E-state index >= 15 is 0 Å². The van der Waals surface area contributed by atoms with Crippen molar-refractivity contribution in [1.29, 1.82) is 0 Å². The van der Waals surface area contributed by atoms with Crippen LogP contribution >= 0.6 is 0 Å². The molecule has 0 saturated carbocycles. The van der Waals surface area contributed by atoms with E-state index in [-0.39, 0.29) is 5.41 Å². The molecule has 1 N–H and O–H groups in total. The predicted molar refractivity (Wildman–Crippen MR) is 86.3 cm³/mol. The van der Waals surface area contributed by atoms with Crippen LogP contribution in [0.1, 0.15) is 57.9 Å². The van der Waals surface area contributed by atoms with Gasteiger partial charge in [-0.25, -0.2) is 0 Å². The Balaban J connectivity index is 2.60. The van der Waals surface area contributed by atoms with Gasteiger partial charge in [-0.05, 0) is 18.4 Å². The van der Waals surface area contributed by atoms with Crippen molar-refractivity contribution in [3.63, 3.8) is 0 Å². The standard InChI is InChI=1S/C18H27NO/c1-6-9-13-14-10-8-11-15(18(3,4)5)17(14)20-16(13)12-19-7-2/h8,10-11,19H,6-7,9,12H2,1-5H3. The van der Waals surface area contributed by atoms with Crippen LogP contribution in [0.2, 0.25) is 0 Å². The van der Waals surface area contributed by atoms with Gasteiger partial charge < -0.3 is 9.73 Å². The first-order valence-corrected chi connectivity index (χ1v) is 7.73. The number of nitrogens with one attached hydrogen (secondary N) is 1. The average molecular weight is 273 g/mol. The summed E-state index contributed by atoms with van der Waals surface area (Å²) in [6, 6.07) is 6.56. The van der Waals surface area contributed by atoms with Crippen LogP contribution in [0.4, 0.5) is 0 Å². The third-order valence-corrected chi connectivity index (χ3v) is 3.75. The van der Waals surface area contributed by atoms with Crippen LogP contribution in [-0.4, -0.2) is 6.54 Å². The van der Waals surface area contributed by atoms with E-state index in [0.717, 1.165) is 37.3 Å². The Morgan fingerprint density at radius 3 is 2.50 bits per heavy atom. The molecule has 110 valence electrons. The molecule has 0 spiro atoms. The first-order valence-electron chi connectivity index (χ1n) is 7.73. The Hall–Kier alpha value is -1.28. The van der Waals surface area contributed by atoms with Crippen molar-refractivity contribution in [1.82, 2.24) is 5.32 Å². The van der Waals surface area contributed by atoms with Crippen LogP contribution in [0.25, 0.3) is 11.0 Å². The normalized spacial score (nSPS) is 12.2. The molecular weight excluding hydrogens is 246 g/mol. The molecule has 2 nitrogen and oxygen atoms in total. The molecule has 0 bridgehead atoms. The van der Waals surface area contributed by atoms with E-state index in [1.165, 1.54) is 16.5 Å². The van der Waals surface area contributed by atoms with Gasteiger partial charge in [0, 0.05) is 16.5 Å². The summed E-state index contributed by atoms with van der Waals surface area (Å²) < 4.78 is 6.25. The summed E-state index contributed by atoms with van der Waals surface area (Å²) in [5.74, 6) is 1.11. The molecule has 0 aliphatic rings. The lowest BCUT2D eigenvalue weighted by atomic mass is 9.85. The second-order valence-electron chi connectivity index (χ2n) is 6.47. The lowest BCUT2D eigenvalue weighted by molar-refractivity contribution is 0.499. The van der Waals surface area contributed by atoms with E-state index in [9.17, 15) is 0 Å². The molecule has 0 fully saturated rings. The first kappa shape index (κ1) is 15.1. The highest BCUT2D eigenvalue weighted by molar-refractivity contribution is 5.86. The minimum Gasteiger partial charge on any atom is -0.459 e. The Morgan fingerprint density at radius 1 is 1.15 bits per heavy atom. The summed E-state index contributed by atoms with van der Waals surface area (Å²) >= 11 is 0. The monoisotopic (exact) mass is 273 g/mol. The third-order valence-electron chi connectivity index (χ3n) is 3.75. The molecule has 1 aromatic heterocycles. The molecule has 2 rings (SSSR count). The van der Waals surface area contributed by atoms with Gasteiger partial charge in [-0.3, -0.25) is 0 Å². The van der Waals surface area contributed by atoms with Crippen molar-refractivity contribution in [3.8, 4) is 0 Å². The van der Waals surface area contributed by atoms with Crippen molar-refractivity contribution >= 4 is 11.0 Å². The maximum absolute atomic E-state index is 6.25. The first-order chi connectivity index (χ1) is 9.49. The zero-order chi connectivity index (χ0) is 14.8. The topological polar surface area (TPSA) is 25.2 Å². The fourth-order valence-electron chi connectivity index (χ4n) is 2.72. The molecule has 0 amide bonds. The van der Waals surface area contributed by atoms with Gasteiger partial charge in [0.1, 0.15) is 11.3 Å². The number of para-hydroxylation sites is 1. The summed E-state index contributed by atoms with van der Waals surface area (Å²) in [6.07, 6.45) is 2.23. The molecule has 2 aromatic rings. The van der Waals surface area contributed by atoms with E-state index < -0.39 is 0 Å². The van der Waals surface area contributed by atoms with Crippen LogP contribution in [-0.2, 0) is 18.4 Å². The lowest BCUT2D eigenvalue weighted by Crippen LogP contribution is -2.12. The van der Waals surface area contributed by atoms with Crippen molar-refractivity contribution < 1.29 is 4.42 Å². The Morgan fingerprint density at radius 2 is 1.90 bits per heavy atom. The smallest absolute Gasteiger partial charge is 0.138 e. The lowest BCUT2D eigenvalue weighted by Gasteiger charge is -2.18. The molecule has 0 radical (unpaired) electrons. The summed E-state index contributed by atoms with van der Waals surface area (Å²) in [6.45, 7) is 12.9. The SMILES string of the molecule is CCCc1c(CNCC)oc2c(C(C)(C)C)cccc12. The number of hydrogen-bond donors (Lipinski definition) is 1. The van der Waals surface area contributed by atoms with Crippen molar-refractivity contribution in [2.75, 3.05) is 6.54 Å². The number of hydrogen-bond acceptors (Lipinski definition) is 2. The average Bonchev–Trinajstić information content (AvgIpc) is 2.74. The molecule has 0 unspecified atom stereocenters. The van der Waals surface area contributed by atoms with E-state index in [1.807, 2.05) is 0 Å². The van der Waals surface area contributed by atoms with Gasteiger partial charge in [0.2, 0.25) is 0 Å². The summed E-state index contributed by atoms with van der Waals surface area (Å²) in [7, 11) is 0. The molecule has 0 saturated heterocycles. The second kappa shape index (κ2) is 6.01. The van der Waals surface area contributed by atoms with E-state index in [2.05, 4.69) is 58.1 Å². The minimum atomic E-state index is 0.107. The van der Waals surface area contributed by atoms with E-state index in [1.54, 1.807) is 0 Å². The quantitative estimate of drug-likeness (QED) is 0.847. The second-order valence-corrected chi connectivity index (χ2v) is 6.47. The van der Waals surface area contributed by atoms with Gasteiger partial charge in [-0.1, -0.05) is 59.2 Å². The minimum absolute atomic E-state index is 0.107. The van der Waals surface area contributed by atoms with Crippen LogP contribution < -0.4 is 5.32 Å². The third kappa shape index (κ3) is 2.90. The summed E-state index contributed by atoms with van der Waals surface area (Å²) in [5.41, 5.74) is 3.87. The highest BCUT2D eigenvalue weighted by Gasteiger charge is 2.22. The van der Waals surface area contributed by atoms with Gasteiger partial charge >= 0.3 is 0 Å². The van der Waals surface area contributed by atoms with E-state index in [0.29, 0.717) is 0 Å². The number of rotatable bonds is 5. The molecule has 0 aliphatic heterocycles. The predicted octanol–water partition coefficient (Wildman–Crippen LogP) is 4.79. The fourth-order valence-corrected chi connectivity index (χ4v) is 2.72. The van der Waals surface area contributed by atoms with E-state index in [4.69, 9.17) is 4.42 Å². The van der Waals surface area contributed by atoms with Crippen LogP contribution in [0, 0.1) is 0 Å².